The minimum atomic E-state index is -0.955. The molecule has 0 fully saturated rings. The summed E-state index contributed by atoms with van der Waals surface area (Å²) >= 11 is 0. The lowest BCUT2D eigenvalue weighted by atomic mass is 9.84. The zero-order valence-corrected chi connectivity index (χ0v) is 10.6. The number of anilines is 2. The van der Waals surface area contributed by atoms with Gasteiger partial charge in [0.1, 0.15) is 0 Å². The van der Waals surface area contributed by atoms with Gasteiger partial charge in [-0.3, -0.25) is 4.79 Å². The molecule has 3 nitrogen and oxygen atoms in total. The highest BCUT2D eigenvalue weighted by molar-refractivity contribution is 5.96. The Labute approximate surface area is 105 Å². The van der Waals surface area contributed by atoms with Gasteiger partial charge in [0, 0.05) is 12.5 Å². The minimum absolute atomic E-state index is 0.0285. The molecule has 18 heavy (non-hydrogen) atoms. The predicted molar refractivity (Wildman–Crippen MR) is 66.5 cm³/mol. The van der Waals surface area contributed by atoms with E-state index in [1.54, 1.807) is 0 Å². The first-order chi connectivity index (χ1) is 8.29. The second kappa shape index (κ2) is 4.23. The van der Waals surface area contributed by atoms with E-state index in [1.807, 2.05) is 20.8 Å². The molecule has 1 unspecified atom stereocenters. The van der Waals surface area contributed by atoms with Crippen molar-refractivity contribution >= 4 is 17.3 Å². The molecule has 2 rings (SSSR count). The number of fused-ring (bicyclic) bond motifs is 1. The maximum absolute atomic E-state index is 13.8. The van der Waals surface area contributed by atoms with Crippen LogP contribution in [0.5, 0.6) is 0 Å². The maximum Gasteiger partial charge on any atom is 0.226 e. The molecule has 1 amide bonds. The Bertz CT molecular complexity index is 494. The Kier molecular flexibility index (Phi) is 3.00. The lowest BCUT2D eigenvalue weighted by Crippen LogP contribution is -2.35. The summed E-state index contributed by atoms with van der Waals surface area (Å²) in [6.07, 6.45) is 0.221. The summed E-state index contributed by atoms with van der Waals surface area (Å²) in [5.74, 6) is -2.08. The molecule has 0 aromatic heterocycles. The summed E-state index contributed by atoms with van der Waals surface area (Å²) in [6.45, 7) is 5.83. The van der Waals surface area contributed by atoms with E-state index in [1.165, 1.54) is 6.07 Å². The molecular formula is C13H16F2N2O. The standard InChI is InChI=1S/C13H16F2N2O/c1-13(2,3)9-6-10(18)16-8-5-4-7(14)11(15)12(8)17-9/h4-5,9,17H,6H2,1-3H3,(H,16,18). The van der Waals surface area contributed by atoms with Gasteiger partial charge in [-0.2, -0.15) is 0 Å². The SMILES string of the molecule is CC(C)(C)C1CC(=O)Nc2ccc(F)c(F)c2N1. The first-order valence-corrected chi connectivity index (χ1v) is 5.83. The summed E-state index contributed by atoms with van der Waals surface area (Å²) in [6, 6.07) is 2.12. The molecular weight excluding hydrogens is 238 g/mol. The van der Waals surface area contributed by atoms with Crippen LogP contribution in [-0.4, -0.2) is 11.9 Å². The lowest BCUT2D eigenvalue weighted by molar-refractivity contribution is -0.116. The highest BCUT2D eigenvalue weighted by Gasteiger charge is 2.31. The summed E-state index contributed by atoms with van der Waals surface area (Å²) < 4.78 is 27.0. The van der Waals surface area contributed by atoms with E-state index in [-0.39, 0.29) is 35.2 Å². The number of hydrogen-bond donors (Lipinski definition) is 2. The molecule has 1 atom stereocenters. The Morgan fingerprint density at radius 3 is 2.56 bits per heavy atom. The van der Waals surface area contributed by atoms with E-state index in [0.717, 1.165) is 6.07 Å². The number of rotatable bonds is 0. The number of carbonyl (C=O) groups excluding carboxylic acids is 1. The van der Waals surface area contributed by atoms with Gasteiger partial charge in [0.2, 0.25) is 5.91 Å². The summed E-state index contributed by atoms with van der Waals surface area (Å²) in [4.78, 5) is 11.7. The van der Waals surface area contributed by atoms with Crippen molar-refractivity contribution in [2.24, 2.45) is 5.41 Å². The van der Waals surface area contributed by atoms with Crippen molar-refractivity contribution in [3.8, 4) is 0 Å². The fourth-order valence-corrected chi connectivity index (χ4v) is 1.93. The molecule has 1 aromatic rings. The third kappa shape index (κ3) is 2.30. The van der Waals surface area contributed by atoms with Crippen LogP contribution < -0.4 is 10.6 Å². The third-order valence-corrected chi connectivity index (χ3v) is 3.12. The van der Waals surface area contributed by atoms with Crippen LogP contribution in [0.25, 0.3) is 0 Å². The van der Waals surface area contributed by atoms with Gasteiger partial charge < -0.3 is 10.6 Å². The van der Waals surface area contributed by atoms with Gasteiger partial charge in [-0.25, -0.2) is 8.78 Å². The highest BCUT2D eigenvalue weighted by Crippen LogP contribution is 2.35. The fraction of sp³-hybridized carbons (Fsp3) is 0.462. The van der Waals surface area contributed by atoms with E-state index in [0.29, 0.717) is 0 Å². The van der Waals surface area contributed by atoms with Gasteiger partial charge in [-0.1, -0.05) is 20.8 Å². The molecule has 1 aromatic carbocycles. The first kappa shape index (κ1) is 12.8. The molecule has 1 heterocycles. The zero-order valence-electron chi connectivity index (χ0n) is 10.6. The smallest absolute Gasteiger partial charge is 0.226 e. The normalized spacial score (nSPS) is 19.6. The average molecular weight is 254 g/mol. The largest absolute Gasteiger partial charge is 0.377 e. The number of benzene rings is 1. The minimum Gasteiger partial charge on any atom is -0.377 e. The highest BCUT2D eigenvalue weighted by atomic mass is 19.2. The van der Waals surface area contributed by atoms with Crippen LogP contribution in [0.3, 0.4) is 0 Å². The van der Waals surface area contributed by atoms with Crippen LogP contribution >= 0.6 is 0 Å². The molecule has 2 N–H and O–H groups in total. The Morgan fingerprint density at radius 2 is 1.94 bits per heavy atom. The van der Waals surface area contributed by atoms with Crippen molar-refractivity contribution < 1.29 is 13.6 Å². The van der Waals surface area contributed by atoms with Crippen LogP contribution in [-0.2, 0) is 4.79 Å². The third-order valence-electron chi connectivity index (χ3n) is 3.12. The molecule has 0 saturated heterocycles. The lowest BCUT2D eigenvalue weighted by Gasteiger charge is -2.30. The van der Waals surface area contributed by atoms with Crippen LogP contribution in [0, 0.1) is 17.0 Å². The van der Waals surface area contributed by atoms with Gasteiger partial charge in [-0.15, -0.1) is 0 Å². The molecule has 1 aliphatic rings. The molecule has 5 heteroatoms. The van der Waals surface area contributed by atoms with Gasteiger partial charge in [-0.05, 0) is 17.5 Å². The summed E-state index contributed by atoms with van der Waals surface area (Å²) in [5, 5.41) is 5.52. The van der Waals surface area contributed by atoms with Crippen molar-refractivity contribution in [2.45, 2.75) is 33.2 Å². The van der Waals surface area contributed by atoms with Crippen molar-refractivity contribution in [1.29, 1.82) is 0 Å². The first-order valence-electron chi connectivity index (χ1n) is 5.83. The van der Waals surface area contributed by atoms with Crippen LogP contribution in [0.15, 0.2) is 12.1 Å². The summed E-state index contributed by atoms with van der Waals surface area (Å²) in [5.41, 5.74) is 0.0731. The van der Waals surface area contributed by atoms with Crippen molar-refractivity contribution in [3.05, 3.63) is 23.8 Å². The average Bonchev–Trinajstić information content (AvgIpc) is 2.42. The molecule has 1 aliphatic heterocycles. The van der Waals surface area contributed by atoms with Gasteiger partial charge in [0.05, 0.1) is 11.4 Å². The van der Waals surface area contributed by atoms with Crippen LogP contribution in [0.1, 0.15) is 27.2 Å². The van der Waals surface area contributed by atoms with Crippen molar-refractivity contribution in [3.63, 3.8) is 0 Å². The second-order valence-corrected chi connectivity index (χ2v) is 5.60. The fourth-order valence-electron chi connectivity index (χ4n) is 1.93. The number of carbonyl (C=O) groups is 1. The molecule has 0 spiro atoms. The predicted octanol–water partition coefficient (Wildman–Crippen LogP) is 3.13. The number of hydrogen-bond acceptors (Lipinski definition) is 2. The van der Waals surface area contributed by atoms with E-state index < -0.39 is 11.6 Å². The van der Waals surface area contributed by atoms with E-state index in [9.17, 15) is 13.6 Å². The van der Waals surface area contributed by atoms with Crippen LogP contribution in [0.4, 0.5) is 20.2 Å². The zero-order chi connectivity index (χ0) is 13.5. The quantitative estimate of drug-likeness (QED) is 0.746. The van der Waals surface area contributed by atoms with Gasteiger partial charge in [0.25, 0.3) is 0 Å². The van der Waals surface area contributed by atoms with E-state index >= 15 is 0 Å². The van der Waals surface area contributed by atoms with Crippen molar-refractivity contribution in [2.75, 3.05) is 10.6 Å². The summed E-state index contributed by atoms with van der Waals surface area (Å²) in [7, 11) is 0. The van der Waals surface area contributed by atoms with Gasteiger partial charge >= 0.3 is 0 Å². The molecule has 98 valence electrons. The van der Waals surface area contributed by atoms with Crippen molar-refractivity contribution in [1.82, 2.24) is 0 Å². The topological polar surface area (TPSA) is 41.1 Å². The molecule has 0 aliphatic carbocycles. The van der Waals surface area contributed by atoms with E-state index in [2.05, 4.69) is 10.6 Å². The molecule has 0 saturated carbocycles. The molecule has 0 bridgehead atoms. The Hall–Kier alpha value is -1.65. The van der Waals surface area contributed by atoms with E-state index in [4.69, 9.17) is 0 Å². The number of halogens is 2. The van der Waals surface area contributed by atoms with Gasteiger partial charge in [0.15, 0.2) is 11.6 Å². The Balaban J connectivity index is 2.48. The molecule has 0 radical (unpaired) electrons. The van der Waals surface area contributed by atoms with Crippen LogP contribution in [0.2, 0.25) is 0 Å². The number of amides is 1. The monoisotopic (exact) mass is 254 g/mol. The second-order valence-electron chi connectivity index (χ2n) is 5.60. The maximum atomic E-state index is 13.8. The Morgan fingerprint density at radius 1 is 1.28 bits per heavy atom. The number of nitrogens with one attached hydrogen (secondary N) is 2.